The third-order valence-electron chi connectivity index (χ3n) is 6.83. The van der Waals surface area contributed by atoms with Crippen molar-refractivity contribution in [3.05, 3.63) is 29.8 Å². The van der Waals surface area contributed by atoms with E-state index < -0.39 is 0 Å². The zero-order valence-electron chi connectivity index (χ0n) is 14.4. The van der Waals surface area contributed by atoms with E-state index in [2.05, 4.69) is 26.0 Å². The lowest BCUT2D eigenvalue weighted by Crippen LogP contribution is -2.29. The highest BCUT2D eigenvalue weighted by Gasteiger charge is 2.63. The summed E-state index contributed by atoms with van der Waals surface area (Å²) in [6.45, 7) is 4.45. The van der Waals surface area contributed by atoms with Gasteiger partial charge in [0.1, 0.15) is 5.75 Å². The molecule has 4 rings (SSSR count). The van der Waals surface area contributed by atoms with Gasteiger partial charge in [-0.1, -0.05) is 26.0 Å². The summed E-state index contributed by atoms with van der Waals surface area (Å²) < 4.78 is 5.70. The van der Waals surface area contributed by atoms with E-state index >= 15 is 0 Å². The van der Waals surface area contributed by atoms with Gasteiger partial charge in [-0.25, -0.2) is 0 Å². The van der Waals surface area contributed by atoms with Crippen LogP contribution in [-0.2, 0) is 4.79 Å². The molecule has 0 heterocycles. The molecule has 0 saturated heterocycles. The maximum atomic E-state index is 12.6. The van der Waals surface area contributed by atoms with Crippen LogP contribution in [0.15, 0.2) is 24.3 Å². The summed E-state index contributed by atoms with van der Waals surface area (Å²) in [5, 5.41) is 0. The van der Waals surface area contributed by atoms with Crippen LogP contribution < -0.4 is 4.74 Å². The van der Waals surface area contributed by atoms with Crippen molar-refractivity contribution in [3.8, 4) is 5.75 Å². The Kier molecular flexibility index (Phi) is 3.74. The molecule has 1 aromatic rings. The maximum absolute atomic E-state index is 12.6. The Morgan fingerprint density at radius 2 is 1.87 bits per heavy atom. The van der Waals surface area contributed by atoms with Crippen LogP contribution >= 0.6 is 0 Å². The van der Waals surface area contributed by atoms with Crippen molar-refractivity contribution in [2.45, 2.75) is 64.7 Å². The van der Waals surface area contributed by atoms with Crippen molar-refractivity contribution in [2.24, 2.45) is 23.2 Å². The number of benzene rings is 1. The largest absolute Gasteiger partial charge is 0.426 e. The Morgan fingerprint density at radius 3 is 2.52 bits per heavy atom. The molecule has 2 bridgehead atoms. The van der Waals surface area contributed by atoms with Crippen LogP contribution in [0.1, 0.15) is 70.3 Å². The maximum Gasteiger partial charge on any atom is 0.314 e. The Morgan fingerprint density at radius 1 is 1.13 bits per heavy atom. The van der Waals surface area contributed by atoms with Gasteiger partial charge in [0.05, 0.1) is 5.92 Å². The van der Waals surface area contributed by atoms with E-state index in [-0.39, 0.29) is 11.9 Å². The minimum absolute atomic E-state index is 0.0110. The molecule has 3 fully saturated rings. The van der Waals surface area contributed by atoms with Gasteiger partial charge in [-0.05, 0) is 85.8 Å². The van der Waals surface area contributed by atoms with Crippen LogP contribution in [-0.4, -0.2) is 5.97 Å². The number of hydrogen-bond acceptors (Lipinski definition) is 2. The second-order valence-electron chi connectivity index (χ2n) is 8.21. The second-order valence-corrected chi connectivity index (χ2v) is 8.21. The summed E-state index contributed by atoms with van der Waals surface area (Å²) in [7, 11) is 0. The van der Waals surface area contributed by atoms with Crippen LogP contribution in [0.25, 0.3) is 0 Å². The molecule has 3 saturated carbocycles. The Labute approximate surface area is 139 Å². The van der Waals surface area contributed by atoms with Gasteiger partial charge < -0.3 is 4.74 Å². The first-order valence-electron chi connectivity index (χ1n) is 9.45. The quantitative estimate of drug-likeness (QED) is 0.543. The summed E-state index contributed by atoms with van der Waals surface area (Å²) >= 11 is 0. The molecule has 0 radical (unpaired) electrons. The molecule has 124 valence electrons. The first kappa shape index (κ1) is 15.2. The highest BCUT2D eigenvalue weighted by Crippen LogP contribution is 2.71. The molecule has 23 heavy (non-hydrogen) atoms. The monoisotopic (exact) mass is 312 g/mol. The van der Waals surface area contributed by atoms with Crippen molar-refractivity contribution < 1.29 is 9.53 Å². The zero-order valence-corrected chi connectivity index (χ0v) is 14.4. The topological polar surface area (TPSA) is 26.3 Å². The molecule has 0 aromatic heterocycles. The predicted octanol–water partition coefficient (Wildman–Crippen LogP) is 5.32. The predicted molar refractivity (Wildman–Crippen MR) is 91.4 cm³/mol. The van der Waals surface area contributed by atoms with E-state index in [1.165, 1.54) is 24.8 Å². The minimum atomic E-state index is 0.0110. The number of ether oxygens (including phenoxy) is 1. The van der Waals surface area contributed by atoms with Gasteiger partial charge in [-0.15, -0.1) is 0 Å². The third kappa shape index (κ3) is 2.70. The smallest absolute Gasteiger partial charge is 0.314 e. The summed E-state index contributed by atoms with van der Waals surface area (Å²) in [4.78, 5) is 12.6. The highest BCUT2D eigenvalue weighted by atomic mass is 16.5. The number of hydrogen-bond donors (Lipinski definition) is 0. The third-order valence-corrected chi connectivity index (χ3v) is 6.83. The molecule has 1 spiro atoms. The van der Waals surface area contributed by atoms with Gasteiger partial charge in [0.25, 0.3) is 0 Å². The number of fused-ring (bicyclic) bond motifs is 1. The molecular weight excluding hydrogens is 284 g/mol. The van der Waals surface area contributed by atoms with Crippen LogP contribution in [0.5, 0.6) is 5.75 Å². The molecule has 3 aliphatic rings. The Balaban J connectivity index is 1.39. The van der Waals surface area contributed by atoms with Crippen molar-refractivity contribution >= 4 is 5.97 Å². The van der Waals surface area contributed by atoms with Gasteiger partial charge in [0.15, 0.2) is 0 Å². The van der Waals surface area contributed by atoms with Crippen molar-refractivity contribution in [2.75, 3.05) is 0 Å². The Bertz CT molecular complexity index is 586. The van der Waals surface area contributed by atoms with Gasteiger partial charge in [-0.3, -0.25) is 4.79 Å². The first-order valence-corrected chi connectivity index (χ1v) is 9.45. The molecule has 0 N–H and O–H groups in total. The van der Waals surface area contributed by atoms with Gasteiger partial charge >= 0.3 is 5.97 Å². The molecule has 2 nitrogen and oxygen atoms in total. The summed E-state index contributed by atoms with van der Waals surface area (Å²) in [5.41, 5.74) is 1.90. The number of rotatable bonds is 5. The van der Waals surface area contributed by atoms with Crippen molar-refractivity contribution in [1.29, 1.82) is 0 Å². The molecule has 4 atom stereocenters. The van der Waals surface area contributed by atoms with Crippen molar-refractivity contribution in [3.63, 3.8) is 0 Å². The fraction of sp³-hybridized carbons (Fsp3) is 0.667. The fourth-order valence-electron chi connectivity index (χ4n) is 5.51. The van der Waals surface area contributed by atoms with Crippen LogP contribution in [0.2, 0.25) is 0 Å². The normalized spacial score (nSPS) is 34.3. The molecule has 0 amide bonds. The fourth-order valence-corrected chi connectivity index (χ4v) is 5.51. The Hall–Kier alpha value is -1.31. The average Bonchev–Trinajstić information content (AvgIpc) is 3.12. The first-order chi connectivity index (χ1) is 11.1. The van der Waals surface area contributed by atoms with E-state index in [0.29, 0.717) is 17.1 Å². The summed E-state index contributed by atoms with van der Waals surface area (Å²) in [6.07, 6.45) is 8.57. The van der Waals surface area contributed by atoms with Gasteiger partial charge in [0, 0.05) is 0 Å². The van der Waals surface area contributed by atoms with E-state index in [1.807, 2.05) is 12.1 Å². The minimum Gasteiger partial charge on any atom is -0.426 e. The molecule has 1 aromatic carbocycles. The number of carbonyl (C=O) groups is 1. The lowest BCUT2D eigenvalue weighted by atomic mass is 9.76. The summed E-state index contributed by atoms with van der Waals surface area (Å²) in [5.74, 6) is 3.20. The van der Waals surface area contributed by atoms with Crippen LogP contribution in [0, 0.1) is 23.2 Å². The highest BCUT2D eigenvalue weighted by molar-refractivity contribution is 5.75. The molecule has 4 unspecified atom stereocenters. The molecule has 0 aliphatic heterocycles. The molecular formula is C21H28O2. The van der Waals surface area contributed by atoms with Gasteiger partial charge in [-0.2, -0.15) is 0 Å². The molecule has 2 heteroatoms. The van der Waals surface area contributed by atoms with E-state index in [9.17, 15) is 4.79 Å². The number of carbonyl (C=O) groups excluding carboxylic acids is 1. The zero-order chi connectivity index (χ0) is 16.0. The van der Waals surface area contributed by atoms with E-state index in [4.69, 9.17) is 4.74 Å². The lowest BCUT2D eigenvalue weighted by molar-refractivity contribution is -0.141. The van der Waals surface area contributed by atoms with Crippen molar-refractivity contribution in [1.82, 2.24) is 0 Å². The van der Waals surface area contributed by atoms with Gasteiger partial charge in [0.2, 0.25) is 0 Å². The lowest BCUT2D eigenvalue weighted by Gasteiger charge is -2.29. The summed E-state index contributed by atoms with van der Waals surface area (Å²) in [6, 6.07) is 8.20. The standard InChI is InChI=1S/C21H28O2/c1-3-15(4-2)16-5-7-19(8-6-16)23-20(22)17-9-14-10-18-13-21(18,11-14)12-17/h5-8,14-15,17-18H,3-4,9-13H2,1-2H3. The average molecular weight is 312 g/mol. The van der Waals surface area contributed by atoms with E-state index in [1.54, 1.807) is 0 Å². The van der Waals surface area contributed by atoms with E-state index in [0.717, 1.165) is 37.5 Å². The van der Waals surface area contributed by atoms with Crippen LogP contribution in [0.4, 0.5) is 0 Å². The number of esters is 1. The SMILES string of the molecule is CCC(CC)c1ccc(OC(=O)C2CC3CC4CC4(C3)C2)cc1. The molecule has 3 aliphatic carbocycles. The van der Waals surface area contributed by atoms with Crippen LogP contribution in [0.3, 0.4) is 0 Å². The second kappa shape index (κ2) is 5.65.